The lowest BCUT2D eigenvalue weighted by atomic mass is 10.1. The molecular formula is C23H23N3O3S. The smallest absolute Gasteiger partial charge is 0.265 e. The fraction of sp³-hybridized carbons (Fsp3) is 0.217. The topological polar surface area (TPSA) is 70.7 Å². The summed E-state index contributed by atoms with van der Waals surface area (Å²) in [4.78, 5) is 27.8. The van der Waals surface area contributed by atoms with E-state index in [-0.39, 0.29) is 11.8 Å². The summed E-state index contributed by atoms with van der Waals surface area (Å²) in [7, 11) is 1.58. The molecular weight excluding hydrogens is 398 g/mol. The number of carbonyl (C=O) groups excluding carboxylic acids is 2. The highest BCUT2D eigenvalue weighted by atomic mass is 32.1. The van der Waals surface area contributed by atoms with Gasteiger partial charge in [-0.15, -0.1) is 11.3 Å². The van der Waals surface area contributed by atoms with Crippen LogP contribution in [-0.2, 0) is 4.74 Å². The molecule has 0 saturated carbocycles. The Morgan fingerprint density at radius 3 is 2.47 bits per heavy atom. The van der Waals surface area contributed by atoms with Crippen molar-refractivity contribution >= 4 is 33.8 Å². The van der Waals surface area contributed by atoms with Crippen molar-refractivity contribution in [2.24, 2.45) is 0 Å². The third kappa shape index (κ3) is 4.37. The van der Waals surface area contributed by atoms with E-state index in [1.54, 1.807) is 31.3 Å². The van der Waals surface area contributed by atoms with Crippen molar-refractivity contribution < 1.29 is 14.3 Å². The fourth-order valence-electron chi connectivity index (χ4n) is 3.39. The van der Waals surface area contributed by atoms with E-state index in [2.05, 4.69) is 27.7 Å². The number of rotatable bonds is 5. The number of nitrogens with one attached hydrogen (secondary N) is 2. The molecule has 4 rings (SSSR count). The van der Waals surface area contributed by atoms with E-state index >= 15 is 0 Å². The van der Waals surface area contributed by atoms with Gasteiger partial charge in [-0.1, -0.05) is 36.4 Å². The van der Waals surface area contributed by atoms with Gasteiger partial charge in [0, 0.05) is 37.0 Å². The molecule has 1 aliphatic rings. The summed E-state index contributed by atoms with van der Waals surface area (Å²) in [6.45, 7) is 2.96. The minimum atomic E-state index is -0.191. The number of hydrogen-bond acceptors (Lipinski definition) is 5. The van der Waals surface area contributed by atoms with Gasteiger partial charge in [-0.2, -0.15) is 0 Å². The molecule has 3 aromatic rings. The van der Waals surface area contributed by atoms with Crippen LogP contribution in [-0.4, -0.2) is 45.2 Å². The van der Waals surface area contributed by atoms with Gasteiger partial charge in [0.25, 0.3) is 11.8 Å². The molecule has 1 aromatic heterocycles. The van der Waals surface area contributed by atoms with E-state index in [0.29, 0.717) is 29.3 Å². The van der Waals surface area contributed by atoms with Gasteiger partial charge < -0.3 is 20.3 Å². The van der Waals surface area contributed by atoms with Gasteiger partial charge in [-0.05, 0) is 29.8 Å². The molecule has 0 radical (unpaired) electrons. The van der Waals surface area contributed by atoms with Crippen molar-refractivity contribution in [2.75, 3.05) is 43.6 Å². The predicted molar refractivity (Wildman–Crippen MR) is 121 cm³/mol. The zero-order valence-corrected chi connectivity index (χ0v) is 17.5. The molecule has 154 valence electrons. The van der Waals surface area contributed by atoms with E-state index < -0.39 is 0 Å². The summed E-state index contributed by atoms with van der Waals surface area (Å²) < 4.78 is 5.49. The van der Waals surface area contributed by atoms with Crippen LogP contribution in [0.3, 0.4) is 0 Å². The van der Waals surface area contributed by atoms with E-state index in [9.17, 15) is 9.59 Å². The SMILES string of the molecule is CNC(=O)c1cccc(NC(=O)c2cc(-c3ccccc3)c(N3CCOCC3)s2)c1. The van der Waals surface area contributed by atoms with Gasteiger partial charge in [-0.25, -0.2) is 0 Å². The fourth-order valence-corrected chi connectivity index (χ4v) is 4.52. The Balaban J connectivity index is 1.63. The standard InChI is InChI=1S/C23H23N3O3S/c1-24-21(27)17-8-5-9-18(14-17)25-22(28)20-15-19(16-6-3-2-4-7-16)23(30-20)26-10-12-29-13-11-26/h2-9,14-15H,10-13H2,1H3,(H,24,27)(H,25,28). The van der Waals surface area contributed by atoms with Crippen LogP contribution in [0.5, 0.6) is 0 Å². The molecule has 0 atom stereocenters. The maximum absolute atomic E-state index is 13.0. The number of hydrogen-bond donors (Lipinski definition) is 2. The van der Waals surface area contributed by atoms with Crippen LogP contribution >= 0.6 is 11.3 Å². The lowest BCUT2D eigenvalue weighted by molar-refractivity contribution is 0.0961. The monoisotopic (exact) mass is 421 g/mol. The first-order valence-corrected chi connectivity index (χ1v) is 10.6. The van der Waals surface area contributed by atoms with Crippen LogP contribution in [0.1, 0.15) is 20.0 Å². The van der Waals surface area contributed by atoms with Crippen LogP contribution in [0.15, 0.2) is 60.7 Å². The lowest BCUT2D eigenvalue weighted by Crippen LogP contribution is -2.35. The molecule has 0 aliphatic carbocycles. The summed E-state index contributed by atoms with van der Waals surface area (Å²) in [6, 6.07) is 19.0. The Hall–Kier alpha value is -3.16. The molecule has 6 nitrogen and oxygen atoms in total. The highest BCUT2D eigenvalue weighted by Crippen LogP contribution is 2.39. The van der Waals surface area contributed by atoms with Crippen molar-refractivity contribution in [2.45, 2.75) is 0 Å². The van der Waals surface area contributed by atoms with Gasteiger partial charge in [0.15, 0.2) is 0 Å². The average Bonchev–Trinajstić information content (AvgIpc) is 3.26. The van der Waals surface area contributed by atoms with Crippen molar-refractivity contribution in [1.29, 1.82) is 0 Å². The minimum Gasteiger partial charge on any atom is -0.378 e. The van der Waals surface area contributed by atoms with Crippen LogP contribution < -0.4 is 15.5 Å². The molecule has 1 saturated heterocycles. The van der Waals surface area contributed by atoms with Gasteiger partial charge >= 0.3 is 0 Å². The molecule has 30 heavy (non-hydrogen) atoms. The number of amides is 2. The van der Waals surface area contributed by atoms with Crippen molar-refractivity contribution in [1.82, 2.24) is 5.32 Å². The van der Waals surface area contributed by atoms with Gasteiger partial charge in [0.05, 0.1) is 23.1 Å². The highest BCUT2D eigenvalue weighted by Gasteiger charge is 2.22. The van der Waals surface area contributed by atoms with Crippen LogP contribution in [0, 0.1) is 0 Å². The van der Waals surface area contributed by atoms with E-state index in [1.807, 2.05) is 24.3 Å². The van der Waals surface area contributed by atoms with Crippen molar-refractivity contribution in [3.05, 3.63) is 71.1 Å². The molecule has 2 aromatic carbocycles. The number of morpholine rings is 1. The summed E-state index contributed by atoms with van der Waals surface area (Å²) in [6.07, 6.45) is 0. The largest absolute Gasteiger partial charge is 0.378 e. The van der Waals surface area contributed by atoms with E-state index in [4.69, 9.17) is 4.74 Å². The zero-order chi connectivity index (χ0) is 20.9. The maximum atomic E-state index is 13.0. The quantitative estimate of drug-likeness (QED) is 0.656. The maximum Gasteiger partial charge on any atom is 0.265 e. The highest BCUT2D eigenvalue weighted by molar-refractivity contribution is 7.18. The molecule has 1 aliphatic heterocycles. The summed E-state index contributed by atoms with van der Waals surface area (Å²) in [5.74, 6) is -0.381. The minimum absolute atomic E-state index is 0.189. The second-order valence-electron chi connectivity index (χ2n) is 6.91. The Morgan fingerprint density at radius 1 is 0.967 bits per heavy atom. The van der Waals surface area contributed by atoms with Crippen LogP contribution in [0.4, 0.5) is 10.7 Å². The first kappa shape index (κ1) is 20.1. The van der Waals surface area contributed by atoms with E-state index in [0.717, 1.165) is 29.2 Å². The number of carbonyl (C=O) groups is 2. The van der Waals surface area contributed by atoms with Crippen molar-refractivity contribution in [3.8, 4) is 11.1 Å². The normalized spacial score (nSPS) is 13.7. The molecule has 2 N–H and O–H groups in total. The molecule has 2 amide bonds. The summed E-state index contributed by atoms with van der Waals surface area (Å²) in [5, 5.41) is 6.59. The molecule has 0 unspecified atom stereocenters. The van der Waals surface area contributed by atoms with Crippen molar-refractivity contribution in [3.63, 3.8) is 0 Å². The molecule has 0 spiro atoms. The first-order chi connectivity index (χ1) is 14.7. The second-order valence-corrected chi connectivity index (χ2v) is 7.94. The lowest BCUT2D eigenvalue weighted by Gasteiger charge is -2.28. The third-order valence-electron chi connectivity index (χ3n) is 4.93. The van der Waals surface area contributed by atoms with Crippen LogP contribution in [0.25, 0.3) is 11.1 Å². The average molecular weight is 422 g/mol. The number of nitrogens with zero attached hydrogens (tertiary/aromatic N) is 1. The van der Waals surface area contributed by atoms with Gasteiger partial charge in [0.2, 0.25) is 0 Å². The van der Waals surface area contributed by atoms with Crippen LogP contribution in [0.2, 0.25) is 0 Å². The Kier molecular flexibility index (Phi) is 6.11. The summed E-state index contributed by atoms with van der Waals surface area (Å²) in [5.41, 5.74) is 3.21. The number of thiophene rings is 1. The zero-order valence-electron chi connectivity index (χ0n) is 16.7. The van der Waals surface area contributed by atoms with Gasteiger partial charge in [0.1, 0.15) is 0 Å². The predicted octanol–water partition coefficient (Wildman–Crippen LogP) is 3.86. The molecule has 2 heterocycles. The number of anilines is 2. The Bertz CT molecular complexity index is 1040. The molecule has 7 heteroatoms. The van der Waals surface area contributed by atoms with E-state index in [1.165, 1.54) is 11.3 Å². The number of ether oxygens (including phenoxy) is 1. The Labute approximate surface area is 179 Å². The molecule has 0 bridgehead atoms. The third-order valence-corrected chi connectivity index (χ3v) is 6.12. The Morgan fingerprint density at radius 2 is 1.73 bits per heavy atom. The first-order valence-electron chi connectivity index (χ1n) is 9.81. The second kappa shape index (κ2) is 9.11. The molecule has 1 fully saturated rings. The number of benzene rings is 2. The summed E-state index contributed by atoms with van der Waals surface area (Å²) >= 11 is 1.48. The van der Waals surface area contributed by atoms with Gasteiger partial charge in [-0.3, -0.25) is 9.59 Å².